The van der Waals surface area contributed by atoms with Crippen molar-refractivity contribution in [2.75, 3.05) is 33.7 Å². The van der Waals surface area contributed by atoms with Crippen LogP contribution in [0.15, 0.2) is 4.99 Å². The summed E-state index contributed by atoms with van der Waals surface area (Å²) < 4.78 is 0. The fourth-order valence-electron chi connectivity index (χ4n) is 1.78. The monoisotopic (exact) mass is 339 g/mol. The second kappa shape index (κ2) is 10.2. The molecule has 0 unspecified atom stereocenters. The fourth-order valence-corrected chi connectivity index (χ4v) is 2.71. The van der Waals surface area contributed by atoms with Gasteiger partial charge in [0.1, 0.15) is 6.54 Å². The Morgan fingerprint density at radius 2 is 1.96 bits per heavy atom. The lowest BCUT2D eigenvalue weighted by Gasteiger charge is -2.13. The molecule has 1 heterocycles. The number of hydrogen-bond donors (Lipinski definition) is 2. The predicted molar refractivity (Wildman–Crippen MR) is 97.2 cm³/mol. The molecule has 0 fully saturated rings. The summed E-state index contributed by atoms with van der Waals surface area (Å²) in [7, 11) is 3.48. The molecule has 1 aromatic rings. The predicted octanol–water partition coefficient (Wildman–Crippen LogP) is 1.73. The lowest BCUT2D eigenvalue weighted by molar-refractivity contribution is -0.127. The van der Waals surface area contributed by atoms with E-state index in [1.54, 1.807) is 30.3 Å². The van der Waals surface area contributed by atoms with Crippen LogP contribution in [-0.4, -0.2) is 55.5 Å². The number of aromatic nitrogens is 1. The van der Waals surface area contributed by atoms with E-state index in [9.17, 15) is 4.79 Å². The molecule has 0 aromatic carbocycles. The molecule has 130 valence electrons. The van der Waals surface area contributed by atoms with E-state index in [1.807, 2.05) is 6.92 Å². The van der Waals surface area contributed by atoms with E-state index >= 15 is 0 Å². The van der Waals surface area contributed by atoms with Gasteiger partial charge >= 0.3 is 0 Å². The average molecular weight is 340 g/mol. The molecule has 0 saturated heterocycles. The van der Waals surface area contributed by atoms with Gasteiger partial charge in [-0.05, 0) is 20.3 Å². The van der Waals surface area contributed by atoms with Gasteiger partial charge in [-0.2, -0.15) is 0 Å². The molecule has 23 heavy (non-hydrogen) atoms. The quantitative estimate of drug-likeness (QED) is 0.430. The van der Waals surface area contributed by atoms with E-state index in [0.717, 1.165) is 43.1 Å². The van der Waals surface area contributed by atoms with Crippen LogP contribution in [0.5, 0.6) is 0 Å². The first-order valence-electron chi connectivity index (χ1n) is 8.09. The van der Waals surface area contributed by atoms with Crippen LogP contribution < -0.4 is 10.6 Å². The highest BCUT2D eigenvalue weighted by Gasteiger charge is 2.06. The number of amides is 1. The number of carbonyl (C=O) groups excluding carboxylic acids is 1. The van der Waals surface area contributed by atoms with Gasteiger partial charge in [0.25, 0.3) is 0 Å². The maximum absolute atomic E-state index is 11.7. The van der Waals surface area contributed by atoms with Gasteiger partial charge in [0.2, 0.25) is 5.91 Å². The lowest BCUT2D eigenvalue weighted by Crippen LogP contribution is -2.40. The molecule has 0 bridgehead atoms. The molecule has 0 radical (unpaired) electrons. The molecule has 0 aliphatic heterocycles. The summed E-state index contributed by atoms with van der Waals surface area (Å²) in [5, 5.41) is 7.68. The zero-order chi connectivity index (χ0) is 17.2. The van der Waals surface area contributed by atoms with Gasteiger partial charge in [0, 0.05) is 38.5 Å². The number of nitrogens with one attached hydrogen (secondary N) is 2. The Labute approximate surface area is 143 Å². The van der Waals surface area contributed by atoms with E-state index < -0.39 is 0 Å². The van der Waals surface area contributed by atoms with Gasteiger partial charge in [-0.25, -0.2) is 9.98 Å². The van der Waals surface area contributed by atoms with Crippen molar-refractivity contribution < 1.29 is 4.79 Å². The SMILES string of the molecule is CCCCNC(=NCC(=O)N(C)C)NCCc1nc(C)c(C)s1. The molecule has 1 amide bonds. The minimum absolute atomic E-state index is 0.00670. The minimum atomic E-state index is -0.00670. The van der Waals surface area contributed by atoms with Crippen molar-refractivity contribution in [1.29, 1.82) is 0 Å². The van der Waals surface area contributed by atoms with Crippen LogP contribution in [0.4, 0.5) is 0 Å². The Kier molecular flexibility index (Phi) is 8.61. The number of likely N-dealkylation sites (N-methyl/N-ethyl adjacent to an activating group) is 1. The highest BCUT2D eigenvalue weighted by molar-refractivity contribution is 7.11. The van der Waals surface area contributed by atoms with Crippen molar-refractivity contribution in [3.8, 4) is 0 Å². The molecular formula is C16H29N5OS. The van der Waals surface area contributed by atoms with Crippen molar-refractivity contribution >= 4 is 23.2 Å². The zero-order valence-corrected chi connectivity index (χ0v) is 15.7. The normalized spacial score (nSPS) is 11.4. The highest BCUT2D eigenvalue weighted by Crippen LogP contribution is 2.16. The molecule has 0 saturated carbocycles. The van der Waals surface area contributed by atoms with Crippen LogP contribution >= 0.6 is 11.3 Å². The van der Waals surface area contributed by atoms with Gasteiger partial charge < -0.3 is 15.5 Å². The van der Waals surface area contributed by atoms with Crippen LogP contribution in [0.2, 0.25) is 0 Å². The number of hydrogen-bond acceptors (Lipinski definition) is 4. The highest BCUT2D eigenvalue weighted by atomic mass is 32.1. The zero-order valence-electron chi connectivity index (χ0n) is 14.9. The van der Waals surface area contributed by atoms with E-state index in [-0.39, 0.29) is 12.5 Å². The van der Waals surface area contributed by atoms with E-state index in [1.165, 1.54) is 4.88 Å². The van der Waals surface area contributed by atoms with Gasteiger partial charge in [-0.1, -0.05) is 13.3 Å². The first-order valence-corrected chi connectivity index (χ1v) is 8.91. The third kappa shape index (κ3) is 7.45. The molecule has 1 rings (SSSR count). The first-order chi connectivity index (χ1) is 10.9. The van der Waals surface area contributed by atoms with E-state index in [2.05, 4.69) is 34.5 Å². The molecule has 7 heteroatoms. The third-order valence-corrected chi connectivity index (χ3v) is 4.53. The second-order valence-electron chi connectivity index (χ2n) is 5.66. The van der Waals surface area contributed by atoms with E-state index in [0.29, 0.717) is 5.96 Å². The van der Waals surface area contributed by atoms with Gasteiger partial charge in [0.15, 0.2) is 5.96 Å². The number of carbonyl (C=O) groups is 1. The Hall–Kier alpha value is -1.63. The van der Waals surface area contributed by atoms with E-state index in [4.69, 9.17) is 0 Å². The summed E-state index contributed by atoms with van der Waals surface area (Å²) in [4.78, 5) is 23.4. The Morgan fingerprint density at radius 1 is 1.26 bits per heavy atom. The summed E-state index contributed by atoms with van der Waals surface area (Å²) >= 11 is 1.74. The number of thiazole rings is 1. The molecular weight excluding hydrogens is 310 g/mol. The number of guanidine groups is 1. The Morgan fingerprint density at radius 3 is 2.52 bits per heavy atom. The van der Waals surface area contributed by atoms with Crippen LogP contribution in [0.3, 0.4) is 0 Å². The summed E-state index contributed by atoms with van der Waals surface area (Å²) in [6.07, 6.45) is 3.05. The number of unbranched alkanes of at least 4 members (excludes halogenated alkanes) is 1. The molecule has 1 aromatic heterocycles. The maximum Gasteiger partial charge on any atom is 0.243 e. The third-order valence-electron chi connectivity index (χ3n) is 3.40. The summed E-state index contributed by atoms with van der Waals surface area (Å²) in [5.74, 6) is 0.686. The number of aryl methyl sites for hydroxylation is 2. The molecule has 2 N–H and O–H groups in total. The van der Waals surface area contributed by atoms with Crippen molar-refractivity contribution in [2.45, 2.75) is 40.0 Å². The van der Waals surface area contributed by atoms with Crippen molar-refractivity contribution in [3.05, 3.63) is 15.6 Å². The van der Waals surface area contributed by atoms with Gasteiger partial charge in [-0.15, -0.1) is 11.3 Å². The topological polar surface area (TPSA) is 69.6 Å². The Bertz CT molecular complexity index is 505. The fraction of sp³-hybridized carbons (Fsp3) is 0.688. The Balaban J connectivity index is 2.50. The summed E-state index contributed by atoms with van der Waals surface area (Å²) in [6.45, 7) is 8.04. The van der Waals surface area contributed by atoms with Crippen molar-refractivity contribution in [2.24, 2.45) is 4.99 Å². The number of nitrogens with zero attached hydrogens (tertiary/aromatic N) is 3. The summed E-state index contributed by atoms with van der Waals surface area (Å²) in [5.41, 5.74) is 1.11. The average Bonchev–Trinajstić information content (AvgIpc) is 2.82. The van der Waals surface area contributed by atoms with Crippen LogP contribution in [-0.2, 0) is 11.2 Å². The number of aliphatic imine (C=N–C) groups is 1. The molecule has 0 atom stereocenters. The first kappa shape index (κ1) is 19.4. The maximum atomic E-state index is 11.7. The van der Waals surface area contributed by atoms with Crippen LogP contribution in [0.25, 0.3) is 0 Å². The lowest BCUT2D eigenvalue weighted by atomic mass is 10.3. The van der Waals surface area contributed by atoms with Gasteiger partial charge in [-0.3, -0.25) is 4.79 Å². The standard InChI is InChI=1S/C16H29N5OS/c1-6-7-9-17-16(19-11-15(22)21(4)5)18-10-8-14-20-12(2)13(3)23-14/h6-11H2,1-5H3,(H2,17,18,19). The molecule has 6 nitrogen and oxygen atoms in total. The molecule has 0 spiro atoms. The molecule has 0 aliphatic carbocycles. The van der Waals surface area contributed by atoms with Crippen LogP contribution in [0, 0.1) is 13.8 Å². The van der Waals surface area contributed by atoms with Crippen LogP contribution in [0.1, 0.15) is 35.3 Å². The minimum Gasteiger partial charge on any atom is -0.356 e. The van der Waals surface area contributed by atoms with Gasteiger partial charge in [0.05, 0.1) is 10.7 Å². The molecule has 0 aliphatic rings. The smallest absolute Gasteiger partial charge is 0.243 e. The largest absolute Gasteiger partial charge is 0.356 e. The second-order valence-corrected chi connectivity index (χ2v) is 6.95. The van der Waals surface area contributed by atoms with Crippen molar-refractivity contribution in [1.82, 2.24) is 20.5 Å². The van der Waals surface area contributed by atoms with Crippen molar-refractivity contribution in [3.63, 3.8) is 0 Å². The number of rotatable bonds is 8. The summed E-state index contributed by atoms with van der Waals surface area (Å²) in [6, 6.07) is 0.